The number of esters is 1. The van der Waals surface area contributed by atoms with Crippen LogP contribution in [0.2, 0.25) is 5.02 Å². The summed E-state index contributed by atoms with van der Waals surface area (Å²) in [6.07, 6.45) is 0. The maximum Gasteiger partial charge on any atom is 0.358 e. The lowest BCUT2D eigenvalue weighted by Gasteiger charge is -2.07. The fourth-order valence-electron chi connectivity index (χ4n) is 1.38. The van der Waals surface area contributed by atoms with Gasteiger partial charge in [-0.2, -0.15) is 0 Å². The molecule has 0 spiro atoms. The van der Waals surface area contributed by atoms with Crippen molar-refractivity contribution in [2.24, 2.45) is 0 Å². The van der Waals surface area contributed by atoms with E-state index in [1.807, 2.05) is 0 Å². The SMILES string of the molecule is COC(=O)c1ncsc1S(=O)(=O)Nc1ccc(Cl)cc1. The Kier molecular flexibility index (Phi) is 4.26. The predicted molar refractivity (Wildman–Crippen MR) is 75.7 cm³/mol. The van der Waals surface area contributed by atoms with E-state index < -0.39 is 16.0 Å². The first-order valence-corrected chi connectivity index (χ1v) is 7.98. The summed E-state index contributed by atoms with van der Waals surface area (Å²) in [5.41, 5.74) is 1.36. The molecule has 106 valence electrons. The van der Waals surface area contributed by atoms with E-state index in [1.54, 1.807) is 12.1 Å². The highest BCUT2D eigenvalue weighted by Crippen LogP contribution is 2.24. The second-order valence-corrected chi connectivity index (χ2v) is 6.76. The Labute approximate surface area is 124 Å². The fraction of sp³-hybridized carbons (Fsp3) is 0.0909. The molecular formula is C11H9ClN2O4S2. The second kappa shape index (κ2) is 5.78. The maximum atomic E-state index is 12.2. The average molecular weight is 333 g/mol. The van der Waals surface area contributed by atoms with Gasteiger partial charge in [-0.05, 0) is 24.3 Å². The maximum absolute atomic E-state index is 12.2. The van der Waals surface area contributed by atoms with Gasteiger partial charge in [-0.1, -0.05) is 11.6 Å². The summed E-state index contributed by atoms with van der Waals surface area (Å²) < 4.78 is 31.1. The van der Waals surface area contributed by atoms with Crippen molar-refractivity contribution in [3.63, 3.8) is 0 Å². The molecule has 0 saturated carbocycles. The number of ether oxygens (including phenoxy) is 1. The minimum atomic E-state index is -3.91. The van der Waals surface area contributed by atoms with Gasteiger partial charge in [-0.15, -0.1) is 11.3 Å². The van der Waals surface area contributed by atoms with Crippen molar-refractivity contribution in [2.75, 3.05) is 11.8 Å². The molecule has 0 aliphatic rings. The Balaban J connectivity index is 2.34. The molecule has 0 amide bonds. The van der Waals surface area contributed by atoms with Crippen LogP contribution in [-0.2, 0) is 14.8 Å². The molecule has 1 aromatic heterocycles. The molecule has 2 aromatic rings. The average Bonchev–Trinajstić information content (AvgIpc) is 2.90. The number of methoxy groups -OCH3 is 1. The van der Waals surface area contributed by atoms with Crippen LogP contribution in [0.15, 0.2) is 34.0 Å². The Hall–Kier alpha value is -1.64. The van der Waals surface area contributed by atoms with Gasteiger partial charge in [0.2, 0.25) is 0 Å². The van der Waals surface area contributed by atoms with E-state index in [0.717, 1.165) is 18.4 Å². The Morgan fingerprint density at radius 2 is 2.00 bits per heavy atom. The highest BCUT2D eigenvalue weighted by Gasteiger charge is 2.26. The smallest absolute Gasteiger partial charge is 0.358 e. The van der Waals surface area contributed by atoms with Crippen LogP contribution in [0, 0.1) is 0 Å². The molecule has 0 radical (unpaired) electrons. The number of carbonyl (C=O) groups is 1. The molecule has 0 aliphatic heterocycles. The second-order valence-electron chi connectivity index (χ2n) is 3.59. The summed E-state index contributed by atoms with van der Waals surface area (Å²) in [4.78, 5) is 15.2. The number of hydrogen-bond acceptors (Lipinski definition) is 6. The first-order chi connectivity index (χ1) is 9.44. The number of nitrogens with zero attached hydrogens (tertiary/aromatic N) is 1. The number of aromatic nitrogens is 1. The van der Waals surface area contributed by atoms with Gasteiger partial charge in [-0.25, -0.2) is 18.2 Å². The zero-order valence-corrected chi connectivity index (χ0v) is 12.6. The third-order valence-corrected chi connectivity index (χ3v) is 5.26. The first-order valence-electron chi connectivity index (χ1n) is 5.24. The van der Waals surface area contributed by atoms with Crippen LogP contribution in [0.3, 0.4) is 0 Å². The number of nitrogens with one attached hydrogen (secondary N) is 1. The highest BCUT2D eigenvalue weighted by atomic mass is 35.5. The summed E-state index contributed by atoms with van der Waals surface area (Å²) in [7, 11) is -2.75. The number of rotatable bonds is 4. The van der Waals surface area contributed by atoms with Crippen LogP contribution in [0.25, 0.3) is 0 Å². The third kappa shape index (κ3) is 3.09. The number of anilines is 1. The monoisotopic (exact) mass is 332 g/mol. The molecule has 1 N–H and O–H groups in total. The lowest BCUT2D eigenvalue weighted by atomic mass is 10.3. The summed E-state index contributed by atoms with van der Waals surface area (Å²) in [6, 6.07) is 6.12. The van der Waals surface area contributed by atoms with E-state index in [9.17, 15) is 13.2 Å². The lowest BCUT2D eigenvalue weighted by molar-refractivity contribution is 0.0590. The van der Waals surface area contributed by atoms with Crippen molar-refractivity contribution in [1.82, 2.24) is 4.98 Å². The number of carbonyl (C=O) groups excluding carboxylic acids is 1. The van der Waals surface area contributed by atoms with Gasteiger partial charge in [-0.3, -0.25) is 4.72 Å². The van der Waals surface area contributed by atoms with Crippen molar-refractivity contribution in [1.29, 1.82) is 0 Å². The van der Waals surface area contributed by atoms with Crippen LogP contribution < -0.4 is 4.72 Å². The van der Waals surface area contributed by atoms with E-state index in [-0.39, 0.29) is 9.90 Å². The first kappa shape index (κ1) is 14.8. The standard InChI is InChI=1S/C11H9ClN2O4S2/c1-18-10(15)9-11(19-6-13-9)20(16,17)14-8-4-2-7(12)3-5-8/h2-6,14H,1H3. The molecule has 0 atom stereocenters. The van der Waals surface area contributed by atoms with Crippen LogP contribution in [-0.4, -0.2) is 26.5 Å². The number of halogens is 1. The molecule has 9 heteroatoms. The van der Waals surface area contributed by atoms with E-state index in [4.69, 9.17) is 11.6 Å². The molecule has 0 aliphatic carbocycles. The molecule has 1 aromatic carbocycles. The van der Waals surface area contributed by atoms with Gasteiger partial charge in [0, 0.05) is 10.7 Å². The quantitative estimate of drug-likeness (QED) is 0.869. The summed E-state index contributed by atoms with van der Waals surface area (Å²) in [5, 5.41) is 0.487. The van der Waals surface area contributed by atoms with Gasteiger partial charge >= 0.3 is 5.97 Å². The normalized spacial score (nSPS) is 11.1. The molecule has 0 saturated heterocycles. The molecule has 0 bridgehead atoms. The van der Waals surface area contributed by atoms with Gasteiger partial charge in [0.15, 0.2) is 9.90 Å². The largest absolute Gasteiger partial charge is 0.464 e. The Bertz CT molecular complexity index is 725. The van der Waals surface area contributed by atoms with Gasteiger partial charge in [0.1, 0.15) is 0 Å². The third-order valence-electron chi connectivity index (χ3n) is 2.25. The van der Waals surface area contributed by atoms with Crippen LogP contribution in [0.5, 0.6) is 0 Å². The van der Waals surface area contributed by atoms with Crippen LogP contribution in [0.1, 0.15) is 10.5 Å². The molecule has 1 heterocycles. The van der Waals surface area contributed by atoms with E-state index in [0.29, 0.717) is 10.7 Å². The zero-order chi connectivity index (χ0) is 14.8. The number of thiazole rings is 1. The minimum Gasteiger partial charge on any atom is -0.464 e. The summed E-state index contributed by atoms with van der Waals surface area (Å²) >= 11 is 6.56. The number of hydrogen-bond donors (Lipinski definition) is 1. The Morgan fingerprint density at radius 3 is 2.60 bits per heavy atom. The molecule has 0 unspecified atom stereocenters. The lowest BCUT2D eigenvalue weighted by Crippen LogP contribution is -2.16. The Morgan fingerprint density at radius 1 is 1.35 bits per heavy atom. The van der Waals surface area contributed by atoms with Crippen molar-refractivity contribution >= 4 is 44.6 Å². The fourth-order valence-corrected chi connectivity index (χ4v) is 3.70. The van der Waals surface area contributed by atoms with E-state index in [1.165, 1.54) is 17.6 Å². The van der Waals surface area contributed by atoms with E-state index >= 15 is 0 Å². The number of benzene rings is 1. The van der Waals surface area contributed by atoms with Crippen molar-refractivity contribution in [3.05, 3.63) is 40.5 Å². The van der Waals surface area contributed by atoms with Gasteiger partial charge in [0.05, 0.1) is 12.6 Å². The predicted octanol–water partition coefficient (Wildman–Crippen LogP) is 2.38. The van der Waals surface area contributed by atoms with Crippen LogP contribution >= 0.6 is 22.9 Å². The van der Waals surface area contributed by atoms with Crippen LogP contribution in [0.4, 0.5) is 5.69 Å². The minimum absolute atomic E-state index is 0.195. The molecular weight excluding hydrogens is 324 g/mol. The summed E-state index contributed by atoms with van der Waals surface area (Å²) in [5.74, 6) is -0.803. The molecule has 0 fully saturated rings. The topological polar surface area (TPSA) is 85.4 Å². The zero-order valence-electron chi connectivity index (χ0n) is 10.2. The van der Waals surface area contributed by atoms with E-state index in [2.05, 4.69) is 14.4 Å². The summed E-state index contributed by atoms with van der Waals surface area (Å²) in [6.45, 7) is 0. The van der Waals surface area contributed by atoms with Gasteiger partial charge in [0.25, 0.3) is 10.0 Å². The van der Waals surface area contributed by atoms with Crippen molar-refractivity contribution in [2.45, 2.75) is 4.21 Å². The molecule has 2 rings (SSSR count). The van der Waals surface area contributed by atoms with Crippen molar-refractivity contribution in [3.8, 4) is 0 Å². The number of sulfonamides is 1. The van der Waals surface area contributed by atoms with Crippen molar-refractivity contribution < 1.29 is 17.9 Å². The molecule has 20 heavy (non-hydrogen) atoms. The highest BCUT2D eigenvalue weighted by molar-refractivity contribution is 7.94. The van der Waals surface area contributed by atoms with Gasteiger partial charge < -0.3 is 4.74 Å². The molecule has 6 nitrogen and oxygen atoms in total.